The number of nitrogens with zero attached hydrogens (tertiary/aromatic N) is 1. The van der Waals surface area contributed by atoms with Crippen LogP contribution >= 0.6 is 0 Å². The maximum Gasteiger partial charge on any atom is 0.0465 e. The number of hydrogen-bond donors (Lipinski definition) is 0. The molecule has 2 saturated carbocycles. The topological polar surface area (TPSA) is 3.24 Å². The molecule has 0 saturated heterocycles. The molecule has 3 aliphatic rings. The van der Waals surface area contributed by atoms with Crippen molar-refractivity contribution in [3.05, 3.63) is 174 Å². The molecule has 1 heteroatoms. The highest BCUT2D eigenvalue weighted by atomic mass is 15.1. The zero-order valence-electron chi connectivity index (χ0n) is 30.4. The molecule has 0 aliphatic heterocycles. The minimum absolute atomic E-state index is 0.0643. The van der Waals surface area contributed by atoms with E-state index in [1.807, 2.05) is 0 Å². The second-order valence-electron chi connectivity index (χ2n) is 16.2. The van der Waals surface area contributed by atoms with Gasteiger partial charge < -0.3 is 4.90 Å². The van der Waals surface area contributed by atoms with E-state index in [9.17, 15) is 0 Å². The number of anilines is 3. The van der Waals surface area contributed by atoms with Crippen molar-refractivity contribution in [3.63, 3.8) is 0 Å². The van der Waals surface area contributed by atoms with Crippen LogP contribution in [0.3, 0.4) is 0 Å². The van der Waals surface area contributed by atoms with Crippen molar-refractivity contribution in [2.75, 3.05) is 4.90 Å². The van der Waals surface area contributed by atoms with Crippen LogP contribution < -0.4 is 4.90 Å². The number of rotatable bonds is 6. The zero-order chi connectivity index (χ0) is 35.0. The van der Waals surface area contributed by atoms with E-state index in [4.69, 9.17) is 0 Å². The third-order valence-corrected chi connectivity index (χ3v) is 12.9. The molecule has 52 heavy (non-hydrogen) atoms. The molecule has 0 aromatic heterocycles. The summed E-state index contributed by atoms with van der Waals surface area (Å²) in [5.41, 5.74) is 16.9. The van der Waals surface area contributed by atoms with Gasteiger partial charge in [-0.1, -0.05) is 123 Å². The van der Waals surface area contributed by atoms with Gasteiger partial charge in [0.2, 0.25) is 0 Å². The Morgan fingerprint density at radius 1 is 0.500 bits per heavy atom. The summed E-state index contributed by atoms with van der Waals surface area (Å²) >= 11 is 0. The van der Waals surface area contributed by atoms with Gasteiger partial charge in [0.25, 0.3) is 0 Å². The monoisotopic (exact) mass is 671 g/mol. The predicted octanol–water partition coefficient (Wildman–Crippen LogP) is 14.2. The highest BCUT2D eigenvalue weighted by Gasteiger charge is 2.40. The summed E-state index contributed by atoms with van der Waals surface area (Å²) in [5, 5.41) is 2.53. The maximum atomic E-state index is 2.47. The van der Waals surface area contributed by atoms with E-state index in [0.29, 0.717) is 0 Å². The quantitative estimate of drug-likeness (QED) is 0.170. The van der Waals surface area contributed by atoms with Gasteiger partial charge in [-0.05, 0) is 159 Å². The fraction of sp³-hybridized carbons (Fsp3) is 0.216. The fourth-order valence-corrected chi connectivity index (χ4v) is 10.2. The van der Waals surface area contributed by atoms with Gasteiger partial charge in [-0.2, -0.15) is 0 Å². The molecule has 0 heterocycles. The van der Waals surface area contributed by atoms with Crippen molar-refractivity contribution in [2.45, 2.75) is 57.8 Å². The summed E-state index contributed by atoms with van der Waals surface area (Å²) in [6.07, 6.45) is 5.65. The van der Waals surface area contributed by atoms with Crippen LogP contribution in [-0.4, -0.2) is 0 Å². The Labute approximate surface area is 308 Å². The van der Waals surface area contributed by atoms with Crippen LogP contribution in [0.2, 0.25) is 0 Å². The Balaban J connectivity index is 1.08. The molecule has 0 amide bonds. The van der Waals surface area contributed by atoms with Gasteiger partial charge in [0, 0.05) is 22.5 Å². The molecule has 3 aliphatic carbocycles. The molecule has 254 valence electrons. The molecule has 7 aromatic carbocycles. The van der Waals surface area contributed by atoms with Gasteiger partial charge in [-0.15, -0.1) is 0 Å². The van der Waals surface area contributed by atoms with Crippen molar-refractivity contribution < 1.29 is 0 Å². The molecular weight excluding hydrogens is 627 g/mol. The first-order valence-electron chi connectivity index (χ1n) is 19.3. The first-order valence-corrected chi connectivity index (χ1v) is 19.3. The number of hydrogen-bond acceptors (Lipinski definition) is 1. The molecule has 0 radical (unpaired) electrons. The van der Waals surface area contributed by atoms with Crippen LogP contribution in [0.15, 0.2) is 152 Å². The molecule has 3 unspecified atom stereocenters. The van der Waals surface area contributed by atoms with Gasteiger partial charge in [0.1, 0.15) is 0 Å². The first kappa shape index (κ1) is 31.3. The van der Waals surface area contributed by atoms with Crippen LogP contribution in [0.25, 0.3) is 44.2 Å². The van der Waals surface area contributed by atoms with E-state index in [1.54, 1.807) is 0 Å². The van der Waals surface area contributed by atoms with Crippen LogP contribution in [-0.2, 0) is 5.41 Å². The van der Waals surface area contributed by atoms with Crippen molar-refractivity contribution >= 4 is 27.8 Å². The van der Waals surface area contributed by atoms with Crippen molar-refractivity contribution in [3.8, 4) is 33.4 Å². The third-order valence-electron chi connectivity index (χ3n) is 12.9. The van der Waals surface area contributed by atoms with Gasteiger partial charge in [0.05, 0.1) is 0 Å². The standard InChI is InChI=1S/C51H45N/c1-33-10-4-7-13-43(33)48-31-38-12-6-5-11-37(38)30-47(48)36-20-24-41(25-21-36)52(40-22-18-35(19-23-40)46-29-34-16-17-39(46)28-34)42-26-27-45-44-14-8-9-15-49(44)51(2,3)50(45)32-42/h4-15,18-27,30-32,34,39,46H,16-17,28-29H2,1-3H3. The lowest BCUT2D eigenvalue weighted by atomic mass is 9.82. The summed E-state index contributed by atoms with van der Waals surface area (Å²) in [4.78, 5) is 2.47. The molecule has 0 spiro atoms. The van der Waals surface area contributed by atoms with Crippen molar-refractivity contribution in [1.82, 2.24) is 0 Å². The lowest BCUT2D eigenvalue weighted by Crippen LogP contribution is -2.16. The maximum absolute atomic E-state index is 2.47. The smallest absolute Gasteiger partial charge is 0.0465 e. The molecule has 1 nitrogen and oxygen atoms in total. The molecule has 0 N–H and O–H groups in total. The van der Waals surface area contributed by atoms with Crippen LogP contribution in [0.4, 0.5) is 17.1 Å². The summed E-state index contributed by atoms with van der Waals surface area (Å²) in [7, 11) is 0. The van der Waals surface area contributed by atoms with Crippen molar-refractivity contribution in [2.24, 2.45) is 11.8 Å². The fourth-order valence-electron chi connectivity index (χ4n) is 10.2. The summed E-state index contributed by atoms with van der Waals surface area (Å²) in [5.74, 6) is 2.54. The third kappa shape index (κ3) is 5.05. The number of benzene rings is 7. The molecule has 3 atom stereocenters. The summed E-state index contributed by atoms with van der Waals surface area (Å²) in [6.45, 7) is 6.97. The largest absolute Gasteiger partial charge is 0.310 e. The lowest BCUT2D eigenvalue weighted by molar-refractivity contribution is 0.420. The van der Waals surface area contributed by atoms with Crippen molar-refractivity contribution in [1.29, 1.82) is 0 Å². The van der Waals surface area contributed by atoms with Crippen LogP contribution in [0, 0.1) is 18.8 Å². The predicted molar refractivity (Wildman–Crippen MR) is 220 cm³/mol. The summed E-state index contributed by atoms with van der Waals surface area (Å²) in [6, 6.07) is 57.2. The SMILES string of the molecule is Cc1ccccc1-c1cc2ccccc2cc1-c1ccc(N(c2ccc(C3CC4CCC3C4)cc2)c2ccc3c(c2)C(C)(C)c2ccccc2-3)cc1. The Hall–Kier alpha value is -5.40. The minimum Gasteiger partial charge on any atom is -0.310 e. The first-order chi connectivity index (χ1) is 25.4. The molecule has 2 fully saturated rings. The number of aryl methyl sites for hydroxylation is 1. The van der Waals surface area contributed by atoms with Gasteiger partial charge in [-0.25, -0.2) is 0 Å². The van der Waals surface area contributed by atoms with E-state index in [2.05, 4.69) is 177 Å². The zero-order valence-corrected chi connectivity index (χ0v) is 30.4. The normalized spacial score (nSPS) is 19.5. The van der Waals surface area contributed by atoms with Gasteiger partial charge >= 0.3 is 0 Å². The van der Waals surface area contributed by atoms with Crippen LogP contribution in [0.5, 0.6) is 0 Å². The molecule has 7 aromatic rings. The van der Waals surface area contributed by atoms with E-state index in [-0.39, 0.29) is 5.41 Å². The molecule has 2 bridgehead atoms. The Morgan fingerprint density at radius 2 is 1.12 bits per heavy atom. The molecular formula is C51H45N. The highest BCUT2D eigenvalue weighted by Crippen LogP contribution is 2.54. The Kier molecular flexibility index (Phi) is 7.29. The average Bonchev–Trinajstić information content (AvgIpc) is 3.88. The highest BCUT2D eigenvalue weighted by molar-refractivity contribution is 5.97. The van der Waals surface area contributed by atoms with Crippen LogP contribution in [0.1, 0.15) is 67.7 Å². The Bertz CT molecular complexity index is 2470. The molecule has 10 rings (SSSR count). The number of fused-ring (bicyclic) bond motifs is 6. The van der Waals surface area contributed by atoms with E-state index in [0.717, 1.165) is 17.8 Å². The van der Waals surface area contributed by atoms with E-state index in [1.165, 1.54) is 109 Å². The second kappa shape index (κ2) is 12.1. The Morgan fingerprint density at radius 3 is 1.81 bits per heavy atom. The average molecular weight is 672 g/mol. The minimum atomic E-state index is -0.0643. The lowest BCUT2D eigenvalue weighted by Gasteiger charge is -2.29. The van der Waals surface area contributed by atoms with Gasteiger partial charge in [-0.3, -0.25) is 0 Å². The summed E-state index contributed by atoms with van der Waals surface area (Å²) < 4.78 is 0. The van der Waals surface area contributed by atoms with E-state index < -0.39 is 0 Å². The van der Waals surface area contributed by atoms with E-state index >= 15 is 0 Å². The van der Waals surface area contributed by atoms with Gasteiger partial charge in [0.15, 0.2) is 0 Å². The second-order valence-corrected chi connectivity index (χ2v) is 16.2.